The number of aromatic nitrogens is 6. The van der Waals surface area contributed by atoms with Crippen molar-refractivity contribution in [3.63, 3.8) is 0 Å². The van der Waals surface area contributed by atoms with E-state index in [0.717, 1.165) is 35.3 Å². The predicted molar refractivity (Wildman–Crippen MR) is 152 cm³/mol. The average Bonchev–Trinajstić information content (AvgIpc) is 3.50. The number of halogens is 1. The highest BCUT2D eigenvalue weighted by atomic mass is 35.5. The fraction of sp³-hybridized carbons (Fsp3) is 0.481. The Balaban J connectivity index is 0.00000101. The molecule has 0 aliphatic rings. The molecule has 0 aliphatic heterocycles. The van der Waals surface area contributed by atoms with Gasteiger partial charge in [-0.15, -0.1) is 0 Å². The molecule has 0 amide bonds. The van der Waals surface area contributed by atoms with Gasteiger partial charge >= 0.3 is 5.69 Å². The summed E-state index contributed by atoms with van der Waals surface area (Å²) in [4.78, 5) is 26.3. The van der Waals surface area contributed by atoms with Crippen LogP contribution in [0.25, 0.3) is 11.2 Å². The van der Waals surface area contributed by atoms with Crippen LogP contribution in [0.5, 0.6) is 0 Å². The van der Waals surface area contributed by atoms with Crippen molar-refractivity contribution in [3.05, 3.63) is 68.7 Å². The summed E-state index contributed by atoms with van der Waals surface area (Å²) >= 11 is 6.39. The SMILES string of the molecule is CC.CC.CC.Cc1cnc(Cn2c(=O)n(CCCn3cccc3)c3c(Cl)nc(N)nc32)c(C)c1C. The summed E-state index contributed by atoms with van der Waals surface area (Å²) in [6, 6.07) is 3.95. The second-order valence-electron chi connectivity index (χ2n) is 7.48. The number of nitrogens with zero attached hydrogens (tertiary/aromatic N) is 6. The molecular weight excluding hydrogens is 474 g/mol. The normalized spacial score (nSPS) is 10.1. The van der Waals surface area contributed by atoms with E-state index in [1.807, 2.05) is 86.1 Å². The Labute approximate surface area is 220 Å². The van der Waals surface area contributed by atoms with Gasteiger partial charge in [0.15, 0.2) is 10.8 Å². The third-order valence-electron chi connectivity index (χ3n) is 5.60. The van der Waals surface area contributed by atoms with Crippen LogP contribution < -0.4 is 11.4 Å². The Morgan fingerprint density at radius 3 is 2.11 bits per heavy atom. The molecule has 0 aliphatic carbocycles. The van der Waals surface area contributed by atoms with E-state index in [2.05, 4.69) is 26.4 Å². The molecule has 0 bridgehead atoms. The first-order valence-electron chi connectivity index (χ1n) is 12.8. The van der Waals surface area contributed by atoms with Crippen molar-refractivity contribution in [1.82, 2.24) is 28.7 Å². The number of nitrogen functional groups attached to an aromatic ring is 1. The van der Waals surface area contributed by atoms with Gasteiger partial charge < -0.3 is 10.3 Å². The van der Waals surface area contributed by atoms with Gasteiger partial charge in [0, 0.05) is 31.7 Å². The maximum atomic E-state index is 13.3. The largest absolute Gasteiger partial charge is 0.368 e. The van der Waals surface area contributed by atoms with Crippen LogP contribution in [0.1, 0.15) is 70.3 Å². The molecule has 8 nitrogen and oxygen atoms in total. The second kappa shape index (κ2) is 15.1. The van der Waals surface area contributed by atoms with Crippen molar-refractivity contribution in [2.45, 2.75) is 88.4 Å². The molecule has 0 atom stereocenters. The quantitative estimate of drug-likeness (QED) is 0.310. The van der Waals surface area contributed by atoms with Crippen molar-refractivity contribution in [2.75, 3.05) is 5.73 Å². The first-order valence-corrected chi connectivity index (χ1v) is 13.2. The molecule has 0 spiro atoms. The van der Waals surface area contributed by atoms with Crippen molar-refractivity contribution in [2.24, 2.45) is 0 Å². The first-order chi connectivity index (χ1) is 17.4. The van der Waals surface area contributed by atoms with Crippen LogP contribution >= 0.6 is 11.6 Å². The first kappa shape index (κ1) is 30.9. The van der Waals surface area contributed by atoms with Crippen molar-refractivity contribution < 1.29 is 0 Å². The smallest absolute Gasteiger partial charge is 0.330 e. The van der Waals surface area contributed by atoms with Gasteiger partial charge in [0.25, 0.3) is 0 Å². The number of hydrogen-bond donors (Lipinski definition) is 1. The molecule has 0 saturated heterocycles. The van der Waals surface area contributed by atoms with E-state index in [4.69, 9.17) is 17.3 Å². The number of nitrogens with two attached hydrogens (primary N) is 1. The summed E-state index contributed by atoms with van der Waals surface area (Å²) in [6.07, 6.45) is 6.58. The van der Waals surface area contributed by atoms with Crippen LogP contribution in [-0.2, 0) is 19.6 Å². The summed E-state index contributed by atoms with van der Waals surface area (Å²) in [6.45, 7) is 19.7. The summed E-state index contributed by atoms with van der Waals surface area (Å²) in [5, 5.41) is 0.180. The van der Waals surface area contributed by atoms with Gasteiger partial charge in [0.1, 0.15) is 5.52 Å². The number of pyridine rings is 1. The molecule has 9 heteroatoms. The molecule has 0 saturated carbocycles. The van der Waals surface area contributed by atoms with Crippen molar-refractivity contribution in [3.8, 4) is 0 Å². The number of aryl methyl sites for hydroxylation is 3. The number of fused-ring (bicyclic) bond motifs is 1. The zero-order valence-electron chi connectivity index (χ0n) is 23.3. The van der Waals surface area contributed by atoms with Gasteiger partial charge in [0.05, 0.1) is 12.2 Å². The van der Waals surface area contributed by atoms with Crippen molar-refractivity contribution >= 4 is 28.7 Å². The highest BCUT2D eigenvalue weighted by Gasteiger charge is 2.20. The molecule has 4 aromatic heterocycles. The molecule has 0 fully saturated rings. The van der Waals surface area contributed by atoms with Gasteiger partial charge in [-0.25, -0.2) is 4.79 Å². The molecule has 2 N–H and O–H groups in total. The second-order valence-corrected chi connectivity index (χ2v) is 7.84. The highest BCUT2D eigenvalue weighted by Crippen LogP contribution is 2.23. The lowest BCUT2D eigenvalue weighted by Crippen LogP contribution is -2.26. The van der Waals surface area contributed by atoms with Crippen LogP contribution in [0, 0.1) is 20.8 Å². The lowest BCUT2D eigenvalue weighted by Gasteiger charge is -2.10. The van der Waals surface area contributed by atoms with E-state index >= 15 is 0 Å². The fourth-order valence-corrected chi connectivity index (χ4v) is 3.93. The van der Waals surface area contributed by atoms with Crippen LogP contribution in [0.2, 0.25) is 5.15 Å². The van der Waals surface area contributed by atoms with Crippen molar-refractivity contribution in [1.29, 1.82) is 0 Å². The molecule has 0 radical (unpaired) electrons. The molecule has 4 aromatic rings. The third-order valence-corrected chi connectivity index (χ3v) is 5.86. The van der Waals surface area contributed by atoms with Gasteiger partial charge in [-0.05, 0) is 56.0 Å². The molecule has 4 heterocycles. The van der Waals surface area contributed by atoms with Crippen LogP contribution in [-0.4, -0.2) is 28.7 Å². The van der Waals surface area contributed by atoms with Crippen LogP contribution in [0.3, 0.4) is 0 Å². The van der Waals surface area contributed by atoms with E-state index in [-0.39, 0.29) is 16.8 Å². The number of imidazole rings is 1. The standard InChI is InChI=1S/C21H24ClN7O.3C2H6/c1-13-11-24-16(15(3)14(13)2)12-29-19-17(18(22)25-20(23)26-19)28(21(29)30)10-6-9-27-7-4-5-8-27;3*1-2/h4-5,7-8,11H,6,9-10,12H2,1-3H3,(H2,23,25,26);3*1-2H3. The predicted octanol–water partition coefficient (Wildman–Crippen LogP) is 6.17. The lowest BCUT2D eigenvalue weighted by molar-refractivity contribution is 0.553. The minimum absolute atomic E-state index is 0.0375. The maximum Gasteiger partial charge on any atom is 0.330 e. The molecule has 36 heavy (non-hydrogen) atoms. The minimum atomic E-state index is -0.196. The summed E-state index contributed by atoms with van der Waals surface area (Å²) < 4.78 is 5.29. The highest BCUT2D eigenvalue weighted by molar-refractivity contribution is 6.33. The Morgan fingerprint density at radius 2 is 1.50 bits per heavy atom. The summed E-state index contributed by atoms with van der Waals surface area (Å²) in [7, 11) is 0. The third kappa shape index (κ3) is 6.97. The Kier molecular flexibility index (Phi) is 12.9. The average molecular weight is 516 g/mol. The summed E-state index contributed by atoms with van der Waals surface area (Å²) in [5.74, 6) is 0.0375. The Hall–Kier alpha value is -3.13. The van der Waals surface area contributed by atoms with E-state index in [1.165, 1.54) is 0 Å². The van der Waals surface area contributed by atoms with E-state index in [0.29, 0.717) is 24.3 Å². The zero-order chi connectivity index (χ0) is 27.4. The molecule has 0 unspecified atom stereocenters. The maximum absolute atomic E-state index is 13.3. The molecule has 198 valence electrons. The number of rotatable bonds is 6. The van der Waals surface area contributed by atoms with E-state index < -0.39 is 0 Å². The van der Waals surface area contributed by atoms with E-state index in [9.17, 15) is 4.79 Å². The van der Waals surface area contributed by atoms with E-state index in [1.54, 1.807) is 9.13 Å². The van der Waals surface area contributed by atoms with Gasteiger partial charge in [-0.2, -0.15) is 9.97 Å². The number of anilines is 1. The molecule has 4 rings (SSSR count). The monoisotopic (exact) mass is 515 g/mol. The minimum Gasteiger partial charge on any atom is -0.368 e. The zero-order valence-corrected chi connectivity index (χ0v) is 24.0. The Morgan fingerprint density at radius 1 is 0.889 bits per heavy atom. The Bertz CT molecular complexity index is 1270. The van der Waals surface area contributed by atoms with Gasteiger partial charge in [-0.1, -0.05) is 53.1 Å². The fourth-order valence-electron chi connectivity index (χ4n) is 3.65. The topological polar surface area (TPSA) is 96.5 Å². The van der Waals surface area contributed by atoms with Crippen LogP contribution in [0.4, 0.5) is 5.95 Å². The number of hydrogen-bond acceptors (Lipinski definition) is 5. The lowest BCUT2D eigenvalue weighted by atomic mass is 10.0. The summed E-state index contributed by atoms with van der Waals surface area (Å²) in [5.41, 5.74) is 10.7. The molecule has 0 aromatic carbocycles. The molecular formula is C27H42ClN7O. The van der Waals surface area contributed by atoms with Gasteiger partial charge in [-0.3, -0.25) is 14.1 Å². The van der Waals surface area contributed by atoms with Crippen LogP contribution in [0.15, 0.2) is 35.5 Å². The van der Waals surface area contributed by atoms with Gasteiger partial charge in [0.2, 0.25) is 5.95 Å².